The molecule has 1 N–H and O–H groups in total. The van der Waals surface area contributed by atoms with Crippen LogP contribution in [0, 0.1) is 0 Å². The molecule has 0 bridgehead atoms. The smallest absolute Gasteiger partial charge is 0.340 e. The van der Waals surface area contributed by atoms with E-state index in [2.05, 4.69) is 4.72 Å². The van der Waals surface area contributed by atoms with E-state index in [9.17, 15) is 18.0 Å². The van der Waals surface area contributed by atoms with Gasteiger partial charge >= 0.3 is 5.97 Å². The van der Waals surface area contributed by atoms with E-state index in [1.54, 1.807) is 28.5 Å². The number of benzene rings is 2. The summed E-state index contributed by atoms with van der Waals surface area (Å²) in [5.74, 6) is -1.11. The van der Waals surface area contributed by atoms with Gasteiger partial charge in [-0.3, -0.25) is 9.52 Å². The van der Waals surface area contributed by atoms with Gasteiger partial charge in [0.2, 0.25) is 0 Å². The maximum absolute atomic E-state index is 12.8. The molecule has 0 aliphatic carbocycles. The number of anilines is 2. The first kappa shape index (κ1) is 21.1. The molecule has 0 saturated carbocycles. The number of thiophene rings is 1. The van der Waals surface area contributed by atoms with Crippen molar-refractivity contribution in [1.29, 1.82) is 0 Å². The third-order valence-corrected chi connectivity index (χ3v) is 7.72. The predicted molar refractivity (Wildman–Crippen MR) is 119 cm³/mol. The van der Waals surface area contributed by atoms with Gasteiger partial charge in [0.05, 0.1) is 11.3 Å². The summed E-state index contributed by atoms with van der Waals surface area (Å²) in [7, 11) is -3.83. The Morgan fingerprint density at radius 2 is 1.84 bits per heavy atom. The van der Waals surface area contributed by atoms with E-state index in [0.29, 0.717) is 0 Å². The fourth-order valence-corrected chi connectivity index (χ4v) is 5.65. The molecule has 0 saturated heterocycles. The van der Waals surface area contributed by atoms with Gasteiger partial charge in [-0.1, -0.05) is 36.4 Å². The molecule has 0 fully saturated rings. The zero-order valence-electron chi connectivity index (χ0n) is 16.6. The molecule has 1 aliphatic heterocycles. The molecule has 2 heterocycles. The molecule has 1 aromatic heterocycles. The Morgan fingerprint density at radius 1 is 1.10 bits per heavy atom. The zero-order chi connectivity index (χ0) is 22.0. The van der Waals surface area contributed by atoms with Crippen LogP contribution in [0.3, 0.4) is 0 Å². The summed E-state index contributed by atoms with van der Waals surface area (Å²) in [6.07, 6.45) is 0.739. The first-order chi connectivity index (χ1) is 14.9. The Morgan fingerprint density at radius 3 is 2.61 bits per heavy atom. The lowest BCUT2D eigenvalue weighted by molar-refractivity contribution is -0.122. The van der Waals surface area contributed by atoms with E-state index in [0.717, 1.165) is 29.0 Å². The maximum Gasteiger partial charge on any atom is 0.340 e. The molecular formula is C22H20N2O5S2. The Bertz CT molecular complexity index is 1220. The van der Waals surface area contributed by atoms with E-state index in [-0.39, 0.29) is 27.4 Å². The lowest BCUT2D eigenvalue weighted by Gasteiger charge is -2.22. The van der Waals surface area contributed by atoms with Crippen LogP contribution in [0.25, 0.3) is 0 Å². The molecule has 160 valence electrons. The summed E-state index contributed by atoms with van der Waals surface area (Å²) in [4.78, 5) is 27.1. The molecule has 4 rings (SSSR count). The fraction of sp³-hybridized carbons (Fsp3) is 0.182. The van der Waals surface area contributed by atoms with Gasteiger partial charge < -0.3 is 9.64 Å². The topological polar surface area (TPSA) is 92.8 Å². The Kier molecular flexibility index (Phi) is 5.79. The number of fused-ring (bicyclic) bond motifs is 1. The quantitative estimate of drug-likeness (QED) is 0.571. The van der Waals surface area contributed by atoms with Crippen molar-refractivity contribution < 1.29 is 22.7 Å². The minimum Gasteiger partial charge on any atom is -0.452 e. The molecule has 1 unspecified atom stereocenters. The molecule has 2 aromatic carbocycles. The van der Waals surface area contributed by atoms with E-state index in [1.165, 1.54) is 18.2 Å². The van der Waals surface area contributed by atoms with Crippen molar-refractivity contribution in [2.24, 2.45) is 0 Å². The van der Waals surface area contributed by atoms with Gasteiger partial charge in [-0.05, 0) is 48.6 Å². The van der Waals surface area contributed by atoms with E-state index < -0.39 is 22.6 Å². The van der Waals surface area contributed by atoms with Crippen molar-refractivity contribution >= 4 is 44.6 Å². The third-order valence-electron chi connectivity index (χ3n) is 4.95. The normalized spacial score (nSPS) is 15.4. The molecule has 31 heavy (non-hydrogen) atoms. The molecule has 3 aromatic rings. The van der Waals surface area contributed by atoms with Crippen molar-refractivity contribution in [2.45, 2.75) is 23.6 Å². The van der Waals surface area contributed by atoms with Crippen molar-refractivity contribution in [3.63, 3.8) is 0 Å². The van der Waals surface area contributed by atoms with Crippen LogP contribution in [0.15, 0.2) is 70.3 Å². The van der Waals surface area contributed by atoms with Gasteiger partial charge in [0, 0.05) is 11.7 Å². The highest BCUT2D eigenvalue weighted by Gasteiger charge is 2.31. The highest BCUT2D eigenvalue weighted by molar-refractivity contribution is 7.94. The van der Waals surface area contributed by atoms with Crippen LogP contribution in [-0.4, -0.2) is 32.9 Å². The van der Waals surface area contributed by atoms with Crippen molar-refractivity contribution in [3.05, 3.63) is 77.2 Å². The van der Waals surface area contributed by atoms with Crippen molar-refractivity contribution in [2.75, 3.05) is 16.2 Å². The van der Waals surface area contributed by atoms with E-state index in [1.807, 2.05) is 31.2 Å². The summed E-state index contributed by atoms with van der Waals surface area (Å²) in [6, 6.07) is 16.8. The van der Waals surface area contributed by atoms with Gasteiger partial charge in [0.1, 0.15) is 4.21 Å². The van der Waals surface area contributed by atoms with Crippen LogP contribution in [-0.2, 0) is 26.0 Å². The van der Waals surface area contributed by atoms with Crippen LogP contribution >= 0.6 is 11.3 Å². The minimum absolute atomic E-state index is 0.0327. The second kappa shape index (κ2) is 8.52. The Hall–Kier alpha value is -3.17. The number of esters is 1. The highest BCUT2D eigenvalue weighted by atomic mass is 32.2. The second-order valence-corrected chi connectivity index (χ2v) is 9.96. The van der Waals surface area contributed by atoms with Gasteiger partial charge in [-0.25, -0.2) is 13.2 Å². The molecule has 0 spiro atoms. The SMILES string of the molecule is CC1Cc2ccccc2N1C(=O)COC(=O)c1ccccc1NS(=O)(=O)c1cccs1. The number of amides is 1. The van der Waals surface area contributed by atoms with Gasteiger partial charge in [0.25, 0.3) is 15.9 Å². The number of nitrogens with one attached hydrogen (secondary N) is 1. The molecule has 0 radical (unpaired) electrons. The average molecular weight is 457 g/mol. The number of para-hydroxylation sites is 2. The number of hydrogen-bond acceptors (Lipinski definition) is 6. The van der Waals surface area contributed by atoms with Crippen molar-refractivity contribution in [1.82, 2.24) is 0 Å². The standard InChI is InChI=1S/C22H20N2O5S2/c1-15-13-16-7-2-5-10-19(16)24(15)20(25)14-29-22(26)17-8-3-4-9-18(17)23-31(27,28)21-11-6-12-30-21/h2-12,15,23H,13-14H2,1H3. The first-order valence-corrected chi connectivity index (χ1v) is 12.0. The van der Waals surface area contributed by atoms with Crippen LogP contribution in [0.4, 0.5) is 11.4 Å². The minimum atomic E-state index is -3.83. The summed E-state index contributed by atoms with van der Waals surface area (Å²) in [5.41, 5.74) is 2.02. The van der Waals surface area contributed by atoms with Gasteiger partial charge in [0.15, 0.2) is 6.61 Å². The van der Waals surface area contributed by atoms with E-state index >= 15 is 0 Å². The summed E-state index contributed by atoms with van der Waals surface area (Å²) in [6.45, 7) is 1.50. The van der Waals surface area contributed by atoms with Gasteiger partial charge in [-0.2, -0.15) is 0 Å². The number of hydrogen-bond donors (Lipinski definition) is 1. The average Bonchev–Trinajstić information content (AvgIpc) is 3.40. The van der Waals surface area contributed by atoms with Crippen LogP contribution in [0.2, 0.25) is 0 Å². The summed E-state index contributed by atoms with van der Waals surface area (Å²) in [5, 5.41) is 1.65. The lowest BCUT2D eigenvalue weighted by Crippen LogP contribution is -2.38. The molecule has 1 atom stereocenters. The summed E-state index contributed by atoms with van der Waals surface area (Å²) >= 11 is 1.07. The fourth-order valence-electron chi connectivity index (χ4n) is 3.58. The molecule has 1 amide bonds. The molecule has 1 aliphatic rings. The largest absolute Gasteiger partial charge is 0.452 e. The van der Waals surface area contributed by atoms with Gasteiger partial charge in [-0.15, -0.1) is 11.3 Å². The monoisotopic (exact) mass is 456 g/mol. The number of nitrogens with zero attached hydrogens (tertiary/aromatic N) is 1. The summed E-state index contributed by atoms with van der Waals surface area (Å²) < 4.78 is 32.8. The lowest BCUT2D eigenvalue weighted by atomic mass is 10.1. The number of carbonyl (C=O) groups excluding carboxylic acids is 2. The maximum atomic E-state index is 12.8. The Balaban J connectivity index is 1.47. The molecular weight excluding hydrogens is 436 g/mol. The number of carbonyl (C=O) groups is 2. The number of rotatable bonds is 6. The Labute approximate surface area is 184 Å². The van der Waals surface area contributed by atoms with Crippen molar-refractivity contribution in [3.8, 4) is 0 Å². The first-order valence-electron chi connectivity index (χ1n) is 9.59. The number of ether oxygens (including phenoxy) is 1. The molecule has 9 heteroatoms. The second-order valence-electron chi connectivity index (χ2n) is 7.10. The van der Waals surface area contributed by atoms with Crippen LogP contribution in [0.1, 0.15) is 22.8 Å². The highest BCUT2D eigenvalue weighted by Crippen LogP contribution is 2.32. The molecule has 7 nitrogen and oxygen atoms in total. The van der Waals surface area contributed by atoms with Crippen LogP contribution < -0.4 is 9.62 Å². The third kappa shape index (κ3) is 4.33. The zero-order valence-corrected chi connectivity index (χ0v) is 18.3. The van der Waals surface area contributed by atoms with Crippen LogP contribution in [0.5, 0.6) is 0 Å². The predicted octanol–water partition coefficient (Wildman–Crippen LogP) is 3.68. The number of sulfonamides is 1. The van der Waals surface area contributed by atoms with E-state index in [4.69, 9.17) is 4.74 Å².